The molecule has 0 saturated carbocycles. The Hall–Kier alpha value is -0.350. The number of nitrogens with two attached hydrogens (primary N) is 1. The molecule has 0 bridgehead atoms. The maximum atomic E-state index is 13.5. The molecule has 0 aliphatic carbocycles. The van der Waals surface area contributed by atoms with E-state index >= 15 is 0 Å². The molecule has 2 rings (SSSR count). The van der Waals surface area contributed by atoms with Crippen LogP contribution in [0.2, 0.25) is 5.02 Å². The van der Waals surface area contributed by atoms with Crippen molar-refractivity contribution < 1.29 is 9.13 Å². The summed E-state index contributed by atoms with van der Waals surface area (Å²) in [6, 6.07) is 4.83. The van der Waals surface area contributed by atoms with Crippen molar-refractivity contribution in [1.29, 1.82) is 0 Å². The molecule has 0 aromatic heterocycles. The van der Waals surface area contributed by atoms with Gasteiger partial charge in [0.25, 0.3) is 0 Å². The van der Waals surface area contributed by atoms with E-state index in [2.05, 4.69) is 0 Å². The lowest BCUT2D eigenvalue weighted by molar-refractivity contribution is -0.0584. The van der Waals surface area contributed by atoms with Crippen LogP contribution in [-0.4, -0.2) is 13.2 Å². The molecule has 2 nitrogen and oxygen atoms in total. The minimum absolute atomic E-state index is 0. The van der Waals surface area contributed by atoms with Gasteiger partial charge in [0.2, 0.25) is 0 Å². The van der Waals surface area contributed by atoms with Gasteiger partial charge in [0.1, 0.15) is 5.82 Å². The quantitative estimate of drug-likeness (QED) is 0.812. The molecule has 1 heterocycles. The fourth-order valence-corrected chi connectivity index (χ4v) is 1.54. The zero-order valence-corrected chi connectivity index (χ0v) is 8.87. The molecule has 1 aliphatic heterocycles. The van der Waals surface area contributed by atoms with Crippen molar-refractivity contribution in [3.63, 3.8) is 0 Å². The largest absolute Gasteiger partial charge is 0.377 e. The highest BCUT2D eigenvalue weighted by molar-refractivity contribution is 6.30. The summed E-state index contributed by atoms with van der Waals surface area (Å²) in [5.74, 6) is -0.435. The van der Waals surface area contributed by atoms with E-state index in [-0.39, 0.29) is 17.4 Å². The molecule has 0 unspecified atom stereocenters. The molecule has 0 spiro atoms. The van der Waals surface area contributed by atoms with Crippen LogP contribution in [0.25, 0.3) is 0 Å². The van der Waals surface area contributed by atoms with Crippen molar-refractivity contribution in [1.82, 2.24) is 0 Å². The zero-order valence-electron chi connectivity index (χ0n) is 7.30. The van der Waals surface area contributed by atoms with E-state index in [1.165, 1.54) is 6.07 Å². The Morgan fingerprint density at radius 3 is 2.57 bits per heavy atom. The Morgan fingerprint density at radius 1 is 1.43 bits per heavy atom. The van der Waals surface area contributed by atoms with Crippen LogP contribution in [0.3, 0.4) is 0 Å². The maximum absolute atomic E-state index is 13.5. The summed E-state index contributed by atoms with van der Waals surface area (Å²) in [5.41, 5.74) is 5.62. The van der Waals surface area contributed by atoms with Crippen LogP contribution in [0.5, 0.6) is 0 Å². The van der Waals surface area contributed by atoms with Crippen LogP contribution >= 0.6 is 24.0 Å². The monoisotopic (exact) mass is 237 g/mol. The molecule has 2 N–H and O–H groups in total. The summed E-state index contributed by atoms with van der Waals surface area (Å²) in [4.78, 5) is 0. The third-order valence-electron chi connectivity index (χ3n) is 2.21. The van der Waals surface area contributed by atoms with Gasteiger partial charge in [-0.25, -0.2) is 4.39 Å². The summed E-state index contributed by atoms with van der Waals surface area (Å²) in [6.07, 6.45) is 0. The molecule has 5 heteroatoms. The lowest BCUT2D eigenvalue weighted by atomic mass is 9.89. The van der Waals surface area contributed by atoms with Crippen molar-refractivity contribution >= 4 is 24.0 Å². The number of benzene rings is 1. The van der Waals surface area contributed by atoms with Crippen LogP contribution in [0, 0.1) is 5.82 Å². The van der Waals surface area contributed by atoms with Crippen LogP contribution < -0.4 is 5.73 Å². The smallest absolute Gasteiger partial charge is 0.147 e. The van der Waals surface area contributed by atoms with E-state index in [9.17, 15) is 4.39 Å². The number of halogens is 3. The SMILES string of the molecule is Cl.NC1(c2cccc(Cl)c2F)COC1. The van der Waals surface area contributed by atoms with Gasteiger partial charge in [-0.3, -0.25) is 0 Å². The summed E-state index contributed by atoms with van der Waals surface area (Å²) in [5, 5.41) is 0.106. The molecular weight excluding hydrogens is 228 g/mol. The number of hydrogen-bond donors (Lipinski definition) is 1. The van der Waals surface area contributed by atoms with Crippen LogP contribution in [0.4, 0.5) is 4.39 Å². The fourth-order valence-electron chi connectivity index (χ4n) is 1.37. The molecule has 0 amide bonds. The van der Waals surface area contributed by atoms with Crippen LogP contribution in [-0.2, 0) is 10.3 Å². The molecule has 1 aliphatic rings. The van der Waals surface area contributed by atoms with Gasteiger partial charge in [-0.05, 0) is 6.07 Å². The van der Waals surface area contributed by atoms with Crippen molar-refractivity contribution in [2.24, 2.45) is 5.73 Å². The normalized spacial score (nSPS) is 18.2. The van der Waals surface area contributed by atoms with E-state index in [0.29, 0.717) is 18.8 Å². The highest BCUT2D eigenvalue weighted by atomic mass is 35.5. The summed E-state index contributed by atoms with van der Waals surface area (Å²) in [7, 11) is 0. The lowest BCUT2D eigenvalue weighted by Gasteiger charge is -2.38. The first-order chi connectivity index (χ1) is 6.13. The van der Waals surface area contributed by atoms with Gasteiger partial charge in [-0.1, -0.05) is 23.7 Å². The third kappa shape index (κ3) is 1.73. The van der Waals surface area contributed by atoms with Crippen molar-refractivity contribution in [2.75, 3.05) is 13.2 Å². The van der Waals surface area contributed by atoms with Crippen molar-refractivity contribution in [2.45, 2.75) is 5.54 Å². The average molecular weight is 238 g/mol. The molecule has 1 aromatic rings. The molecule has 1 fully saturated rings. The molecule has 1 aromatic carbocycles. The van der Waals surface area contributed by atoms with E-state index in [1.54, 1.807) is 12.1 Å². The number of hydrogen-bond acceptors (Lipinski definition) is 2. The Kier molecular flexibility index (Phi) is 3.37. The molecule has 78 valence electrons. The van der Waals surface area contributed by atoms with Gasteiger partial charge in [-0.15, -0.1) is 12.4 Å². The Labute approximate surface area is 92.6 Å². The van der Waals surface area contributed by atoms with E-state index in [1.807, 2.05) is 0 Å². The second-order valence-corrected chi connectivity index (χ2v) is 3.66. The highest BCUT2D eigenvalue weighted by Crippen LogP contribution is 2.31. The topological polar surface area (TPSA) is 35.2 Å². The second-order valence-electron chi connectivity index (χ2n) is 3.25. The van der Waals surface area contributed by atoms with Crippen molar-refractivity contribution in [3.05, 3.63) is 34.6 Å². The summed E-state index contributed by atoms with van der Waals surface area (Å²) >= 11 is 5.63. The second kappa shape index (κ2) is 4.03. The predicted octanol–water partition coefficient (Wildman–Crippen LogP) is 2.09. The minimum atomic E-state index is -0.686. The van der Waals surface area contributed by atoms with E-state index < -0.39 is 11.4 Å². The molecule has 1 saturated heterocycles. The van der Waals surface area contributed by atoms with Gasteiger partial charge in [0.15, 0.2) is 0 Å². The van der Waals surface area contributed by atoms with Crippen molar-refractivity contribution in [3.8, 4) is 0 Å². The van der Waals surface area contributed by atoms with Gasteiger partial charge in [-0.2, -0.15) is 0 Å². The van der Waals surface area contributed by atoms with Gasteiger partial charge in [0.05, 0.1) is 23.8 Å². The summed E-state index contributed by atoms with van der Waals surface area (Å²) in [6.45, 7) is 0.703. The first-order valence-electron chi connectivity index (χ1n) is 3.95. The zero-order chi connectivity index (χ0) is 9.47. The fraction of sp³-hybridized carbons (Fsp3) is 0.333. The average Bonchev–Trinajstić information content (AvgIpc) is 2.06. The van der Waals surface area contributed by atoms with E-state index in [4.69, 9.17) is 22.1 Å². The molecular formula is C9H10Cl2FNO. The molecule has 0 radical (unpaired) electrons. The van der Waals surface area contributed by atoms with Crippen LogP contribution in [0.1, 0.15) is 5.56 Å². The van der Waals surface area contributed by atoms with Gasteiger partial charge >= 0.3 is 0 Å². The Bertz CT molecular complexity index is 342. The standard InChI is InChI=1S/C9H9ClFNO.ClH/c10-7-3-1-2-6(8(7)11)9(12)4-13-5-9;/h1-3H,4-5,12H2;1H. The molecule has 14 heavy (non-hydrogen) atoms. The number of ether oxygens (including phenoxy) is 1. The highest BCUT2D eigenvalue weighted by Gasteiger charge is 2.38. The lowest BCUT2D eigenvalue weighted by Crippen LogP contribution is -2.54. The third-order valence-corrected chi connectivity index (χ3v) is 2.50. The predicted molar refractivity (Wildman–Crippen MR) is 55.3 cm³/mol. The summed E-state index contributed by atoms with van der Waals surface area (Å²) < 4.78 is 18.4. The van der Waals surface area contributed by atoms with E-state index in [0.717, 1.165) is 0 Å². The number of rotatable bonds is 1. The van der Waals surface area contributed by atoms with Gasteiger partial charge in [0, 0.05) is 5.56 Å². The Balaban J connectivity index is 0.000000980. The van der Waals surface area contributed by atoms with Crippen LogP contribution in [0.15, 0.2) is 18.2 Å². The minimum Gasteiger partial charge on any atom is -0.377 e. The first-order valence-corrected chi connectivity index (χ1v) is 4.32. The van der Waals surface area contributed by atoms with Gasteiger partial charge < -0.3 is 10.5 Å². The first kappa shape index (κ1) is 11.7. The maximum Gasteiger partial charge on any atom is 0.147 e. The Morgan fingerprint density at radius 2 is 2.07 bits per heavy atom. The molecule has 0 atom stereocenters.